The third-order valence-electron chi connectivity index (χ3n) is 3.51. The van der Waals surface area contributed by atoms with Crippen molar-refractivity contribution in [2.75, 3.05) is 6.54 Å². The molecule has 2 N–H and O–H groups in total. The molecule has 1 fully saturated rings. The van der Waals surface area contributed by atoms with Gasteiger partial charge in [-0.2, -0.15) is 0 Å². The predicted octanol–water partition coefficient (Wildman–Crippen LogP) is 0.804. The Labute approximate surface area is 111 Å². The van der Waals surface area contributed by atoms with Gasteiger partial charge in [0.05, 0.1) is 11.1 Å². The van der Waals surface area contributed by atoms with Crippen molar-refractivity contribution < 1.29 is 9.72 Å². The SMILES string of the molecule is CC1NCCCC1NC(=O)c1cc([N+](=O)[O-])cn1C. The van der Waals surface area contributed by atoms with Crippen LogP contribution >= 0.6 is 0 Å². The van der Waals surface area contributed by atoms with Gasteiger partial charge in [-0.05, 0) is 26.3 Å². The second kappa shape index (κ2) is 5.40. The first-order chi connectivity index (χ1) is 8.99. The Morgan fingerprint density at radius 3 is 2.95 bits per heavy atom. The number of aryl methyl sites for hydroxylation is 1. The Morgan fingerprint density at radius 2 is 2.37 bits per heavy atom. The third-order valence-corrected chi connectivity index (χ3v) is 3.51. The first-order valence-corrected chi connectivity index (χ1v) is 6.34. The fraction of sp³-hybridized carbons (Fsp3) is 0.583. The zero-order chi connectivity index (χ0) is 14.0. The van der Waals surface area contributed by atoms with Crippen LogP contribution in [0.25, 0.3) is 0 Å². The predicted molar refractivity (Wildman–Crippen MR) is 70.0 cm³/mol. The molecule has 0 radical (unpaired) electrons. The van der Waals surface area contributed by atoms with Crippen molar-refractivity contribution in [3.8, 4) is 0 Å². The van der Waals surface area contributed by atoms with Gasteiger partial charge in [-0.3, -0.25) is 14.9 Å². The minimum atomic E-state index is -0.498. The van der Waals surface area contributed by atoms with Gasteiger partial charge in [0, 0.05) is 25.2 Å². The molecule has 2 unspecified atom stereocenters. The van der Waals surface area contributed by atoms with Crippen LogP contribution in [0.4, 0.5) is 5.69 Å². The Bertz CT molecular complexity index is 497. The summed E-state index contributed by atoms with van der Waals surface area (Å²) in [6.45, 7) is 2.99. The summed E-state index contributed by atoms with van der Waals surface area (Å²) in [5, 5.41) is 16.9. The fourth-order valence-corrected chi connectivity index (χ4v) is 2.36. The zero-order valence-electron chi connectivity index (χ0n) is 11.0. The summed E-state index contributed by atoms with van der Waals surface area (Å²) in [7, 11) is 1.63. The minimum absolute atomic E-state index is 0.0650. The number of aromatic nitrogens is 1. The standard InChI is InChI=1S/C12H18N4O3/c1-8-10(4-3-5-13-8)14-12(17)11-6-9(16(18)19)7-15(11)2/h6-8,10,13H,3-5H2,1-2H3,(H,14,17). The van der Waals surface area contributed by atoms with Gasteiger partial charge in [0.1, 0.15) is 5.69 Å². The highest BCUT2D eigenvalue weighted by Gasteiger charge is 2.25. The van der Waals surface area contributed by atoms with E-state index in [1.165, 1.54) is 16.8 Å². The van der Waals surface area contributed by atoms with Crippen LogP contribution in [0.15, 0.2) is 12.3 Å². The molecule has 1 aliphatic heterocycles. The molecule has 1 amide bonds. The largest absolute Gasteiger partial charge is 0.346 e. The van der Waals surface area contributed by atoms with Gasteiger partial charge in [-0.25, -0.2) is 0 Å². The van der Waals surface area contributed by atoms with E-state index in [1.54, 1.807) is 7.05 Å². The molecule has 2 atom stereocenters. The average Bonchev–Trinajstić information content (AvgIpc) is 2.74. The van der Waals surface area contributed by atoms with Crippen molar-refractivity contribution in [1.82, 2.24) is 15.2 Å². The number of piperidine rings is 1. The summed E-state index contributed by atoms with van der Waals surface area (Å²) in [5.74, 6) is -0.267. The molecule has 0 aromatic carbocycles. The van der Waals surface area contributed by atoms with Crippen LogP contribution in [0, 0.1) is 10.1 Å². The minimum Gasteiger partial charge on any atom is -0.346 e. The number of rotatable bonds is 3. The summed E-state index contributed by atoms with van der Waals surface area (Å²) in [5.41, 5.74) is 0.243. The highest BCUT2D eigenvalue weighted by Crippen LogP contribution is 2.16. The molecule has 104 valence electrons. The molecule has 1 aliphatic rings. The molecular formula is C12H18N4O3. The van der Waals surface area contributed by atoms with Crippen molar-refractivity contribution in [2.24, 2.45) is 7.05 Å². The molecule has 19 heavy (non-hydrogen) atoms. The quantitative estimate of drug-likeness (QED) is 0.625. The topological polar surface area (TPSA) is 89.2 Å². The lowest BCUT2D eigenvalue weighted by molar-refractivity contribution is -0.384. The van der Waals surface area contributed by atoms with E-state index in [1.807, 2.05) is 6.92 Å². The van der Waals surface area contributed by atoms with Gasteiger partial charge < -0.3 is 15.2 Å². The molecule has 2 rings (SSSR count). The molecule has 1 aromatic rings. The Kier molecular flexibility index (Phi) is 3.84. The van der Waals surface area contributed by atoms with Gasteiger partial charge in [-0.1, -0.05) is 0 Å². The van der Waals surface area contributed by atoms with E-state index in [-0.39, 0.29) is 23.7 Å². The molecule has 0 bridgehead atoms. The van der Waals surface area contributed by atoms with E-state index in [9.17, 15) is 14.9 Å². The van der Waals surface area contributed by atoms with Gasteiger partial charge in [-0.15, -0.1) is 0 Å². The number of hydrogen-bond donors (Lipinski definition) is 2. The van der Waals surface area contributed by atoms with Crippen LogP contribution in [0.1, 0.15) is 30.3 Å². The van der Waals surface area contributed by atoms with E-state index in [4.69, 9.17) is 0 Å². The van der Waals surface area contributed by atoms with Crippen LogP contribution < -0.4 is 10.6 Å². The number of carbonyl (C=O) groups excluding carboxylic acids is 1. The van der Waals surface area contributed by atoms with Crippen LogP contribution in [0.2, 0.25) is 0 Å². The van der Waals surface area contributed by atoms with E-state index in [2.05, 4.69) is 10.6 Å². The van der Waals surface area contributed by atoms with Crippen molar-refractivity contribution in [3.05, 3.63) is 28.1 Å². The second-order valence-electron chi connectivity index (χ2n) is 4.92. The summed E-state index contributed by atoms with van der Waals surface area (Å²) in [4.78, 5) is 22.3. The Morgan fingerprint density at radius 1 is 1.63 bits per heavy atom. The van der Waals surface area contributed by atoms with Gasteiger partial charge in [0.15, 0.2) is 0 Å². The van der Waals surface area contributed by atoms with E-state index in [0.717, 1.165) is 19.4 Å². The number of hydrogen-bond acceptors (Lipinski definition) is 4. The first-order valence-electron chi connectivity index (χ1n) is 6.34. The van der Waals surface area contributed by atoms with Gasteiger partial charge >= 0.3 is 0 Å². The molecule has 0 saturated carbocycles. The van der Waals surface area contributed by atoms with Crippen LogP contribution in [-0.4, -0.2) is 34.0 Å². The average molecular weight is 266 g/mol. The summed E-state index contributed by atoms with van der Waals surface area (Å²) < 4.78 is 1.48. The molecule has 7 heteroatoms. The maximum atomic E-state index is 12.1. The zero-order valence-corrected chi connectivity index (χ0v) is 11.0. The number of carbonyl (C=O) groups is 1. The highest BCUT2D eigenvalue weighted by atomic mass is 16.6. The Hall–Kier alpha value is -1.89. The van der Waals surface area contributed by atoms with E-state index in [0.29, 0.717) is 5.69 Å². The normalized spacial score (nSPS) is 23.1. The lowest BCUT2D eigenvalue weighted by Crippen LogP contribution is -2.52. The molecule has 0 aliphatic carbocycles. The molecular weight excluding hydrogens is 248 g/mol. The van der Waals surface area contributed by atoms with Gasteiger partial charge in [0.25, 0.3) is 11.6 Å². The maximum Gasteiger partial charge on any atom is 0.287 e. The van der Waals surface area contributed by atoms with Crippen molar-refractivity contribution >= 4 is 11.6 Å². The monoisotopic (exact) mass is 266 g/mol. The molecule has 1 aromatic heterocycles. The lowest BCUT2D eigenvalue weighted by Gasteiger charge is -2.30. The number of nitro groups is 1. The third kappa shape index (κ3) is 2.93. The number of nitrogens with zero attached hydrogens (tertiary/aromatic N) is 2. The first kappa shape index (κ1) is 13.5. The highest BCUT2D eigenvalue weighted by molar-refractivity contribution is 5.93. The second-order valence-corrected chi connectivity index (χ2v) is 4.92. The molecule has 7 nitrogen and oxygen atoms in total. The molecule has 0 spiro atoms. The molecule has 1 saturated heterocycles. The Balaban J connectivity index is 2.09. The summed E-state index contributed by atoms with van der Waals surface area (Å²) in [6, 6.07) is 1.58. The smallest absolute Gasteiger partial charge is 0.287 e. The fourth-order valence-electron chi connectivity index (χ4n) is 2.36. The van der Waals surface area contributed by atoms with Crippen molar-refractivity contribution in [2.45, 2.75) is 31.8 Å². The molecule has 2 heterocycles. The lowest BCUT2D eigenvalue weighted by atomic mass is 10.00. The van der Waals surface area contributed by atoms with E-state index >= 15 is 0 Å². The van der Waals surface area contributed by atoms with E-state index < -0.39 is 4.92 Å². The number of amides is 1. The van der Waals surface area contributed by atoms with Crippen molar-refractivity contribution in [3.63, 3.8) is 0 Å². The maximum absolute atomic E-state index is 12.1. The van der Waals surface area contributed by atoms with Gasteiger partial charge in [0.2, 0.25) is 0 Å². The van der Waals surface area contributed by atoms with Crippen LogP contribution in [-0.2, 0) is 7.05 Å². The number of nitrogens with one attached hydrogen (secondary N) is 2. The van der Waals surface area contributed by atoms with Crippen LogP contribution in [0.5, 0.6) is 0 Å². The van der Waals surface area contributed by atoms with Crippen molar-refractivity contribution in [1.29, 1.82) is 0 Å². The summed E-state index contributed by atoms with van der Waals surface area (Å²) >= 11 is 0. The summed E-state index contributed by atoms with van der Waals surface area (Å²) in [6.07, 6.45) is 3.28. The van der Waals surface area contributed by atoms with Crippen LogP contribution in [0.3, 0.4) is 0 Å².